The normalized spacial score (nSPS) is 20.9. The number of carbonyl (C=O) groups excluding carboxylic acids is 2. The van der Waals surface area contributed by atoms with E-state index < -0.39 is 12.0 Å². The number of carbonyl (C=O) groups is 2. The molecule has 1 aliphatic rings. The third-order valence-electron chi connectivity index (χ3n) is 3.56. The molecule has 0 N–H and O–H groups in total. The minimum absolute atomic E-state index is 0.159. The Morgan fingerprint density at radius 3 is 2.40 bits per heavy atom. The summed E-state index contributed by atoms with van der Waals surface area (Å²) in [5.74, 6) is -0.555. The Kier molecular flexibility index (Phi) is 3.11. The first-order valence-electron chi connectivity index (χ1n) is 6.57. The largest absolute Gasteiger partial charge is 0.489 e. The van der Waals surface area contributed by atoms with Crippen molar-refractivity contribution in [1.29, 1.82) is 0 Å². The van der Waals surface area contributed by atoms with E-state index >= 15 is 0 Å². The van der Waals surface area contributed by atoms with Gasteiger partial charge >= 0.3 is 0 Å². The van der Waals surface area contributed by atoms with Crippen LogP contribution in [-0.4, -0.2) is 17.7 Å². The van der Waals surface area contributed by atoms with Crippen LogP contribution in [0.25, 0.3) is 0 Å². The van der Waals surface area contributed by atoms with Gasteiger partial charge in [0.15, 0.2) is 11.6 Å². The lowest BCUT2D eigenvalue weighted by molar-refractivity contribution is 0.0606. The van der Waals surface area contributed by atoms with Crippen LogP contribution < -0.4 is 4.74 Å². The molecule has 1 unspecified atom stereocenters. The number of ketones is 2. The average Bonchev–Trinajstić information content (AvgIpc) is 2.48. The summed E-state index contributed by atoms with van der Waals surface area (Å²) in [5, 5.41) is 0. The first-order valence-corrected chi connectivity index (χ1v) is 6.57. The second-order valence-electron chi connectivity index (χ2n) is 4.89. The summed E-state index contributed by atoms with van der Waals surface area (Å²) in [6.07, 6.45) is -0.454. The molecule has 0 saturated carbocycles. The van der Waals surface area contributed by atoms with Crippen LogP contribution in [0.5, 0.6) is 5.75 Å². The van der Waals surface area contributed by atoms with Gasteiger partial charge in [0.05, 0.1) is 5.56 Å². The maximum atomic E-state index is 12.5. The molecule has 0 radical (unpaired) electrons. The van der Waals surface area contributed by atoms with Gasteiger partial charge in [0.1, 0.15) is 17.8 Å². The van der Waals surface area contributed by atoms with Gasteiger partial charge in [-0.05, 0) is 19.1 Å². The van der Waals surface area contributed by atoms with E-state index in [0.29, 0.717) is 16.9 Å². The van der Waals surface area contributed by atoms with Gasteiger partial charge in [0.25, 0.3) is 0 Å². The van der Waals surface area contributed by atoms with E-state index in [1.165, 1.54) is 0 Å². The van der Waals surface area contributed by atoms with Gasteiger partial charge in [-0.15, -0.1) is 0 Å². The predicted octanol–water partition coefficient (Wildman–Crippen LogP) is 3.15. The molecule has 1 heterocycles. The average molecular weight is 266 g/mol. The molecule has 3 nitrogen and oxygen atoms in total. The van der Waals surface area contributed by atoms with Crippen LogP contribution in [0.3, 0.4) is 0 Å². The zero-order valence-corrected chi connectivity index (χ0v) is 11.1. The molecule has 0 saturated heterocycles. The second-order valence-corrected chi connectivity index (χ2v) is 4.89. The standard InChI is InChI=1S/C17H14O3/c1-11-15(16(18)12-7-3-2-4-8-12)17(19)13-9-5-6-10-14(13)20-11/h2-11,15H,1H3/t11-,15?/m1/s1. The zero-order chi connectivity index (χ0) is 14.1. The quantitative estimate of drug-likeness (QED) is 0.619. The van der Waals surface area contributed by atoms with Crippen LogP contribution in [0.2, 0.25) is 0 Å². The number of Topliss-reactive ketones (excluding diaryl/α,β-unsaturated/α-hetero) is 2. The van der Waals surface area contributed by atoms with Crippen molar-refractivity contribution < 1.29 is 14.3 Å². The molecule has 100 valence electrons. The topological polar surface area (TPSA) is 43.4 Å². The van der Waals surface area contributed by atoms with E-state index in [4.69, 9.17) is 4.74 Å². The van der Waals surface area contributed by atoms with Crippen LogP contribution in [0, 0.1) is 5.92 Å². The van der Waals surface area contributed by atoms with Gasteiger partial charge in [-0.25, -0.2) is 0 Å². The van der Waals surface area contributed by atoms with Crippen molar-refractivity contribution in [2.75, 3.05) is 0 Å². The number of benzene rings is 2. The van der Waals surface area contributed by atoms with Crippen molar-refractivity contribution in [2.24, 2.45) is 5.92 Å². The van der Waals surface area contributed by atoms with Crippen molar-refractivity contribution >= 4 is 11.6 Å². The maximum absolute atomic E-state index is 12.5. The molecular formula is C17H14O3. The van der Waals surface area contributed by atoms with E-state index in [0.717, 1.165) is 0 Å². The van der Waals surface area contributed by atoms with E-state index in [-0.39, 0.29) is 11.6 Å². The number of rotatable bonds is 2. The number of fused-ring (bicyclic) bond motifs is 1. The van der Waals surface area contributed by atoms with Crippen LogP contribution in [0.4, 0.5) is 0 Å². The Bertz CT molecular complexity index is 661. The lowest BCUT2D eigenvalue weighted by Crippen LogP contribution is -2.40. The number of ether oxygens (including phenoxy) is 1. The molecule has 2 aromatic rings. The fourth-order valence-electron chi connectivity index (χ4n) is 2.54. The van der Waals surface area contributed by atoms with Gasteiger partial charge in [0, 0.05) is 5.56 Å². The molecule has 2 aromatic carbocycles. The third-order valence-corrected chi connectivity index (χ3v) is 3.56. The number of hydrogen-bond donors (Lipinski definition) is 0. The molecule has 0 fully saturated rings. The van der Waals surface area contributed by atoms with E-state index in [1.54, 1.807) is 49.4 Å². The maximum Gasteiger partial charge on any atom is 0.181 e. The summed E-state index contributed by atoms with van der Waals surface area (Å²) in [4.78, 5) is 25.1. The fourth-order valence-corrected chi connectivity index (χ4v) is 2.54. The first-order chi connectivity index (χ1) is 9.68. The SMILES string of the molecule is C[C@H]1Oc2ccccc2C(=O)C1C(=O)c1ccccc1. The monoisotopic (exact) mass is 266 g/mol. The van der Waals surface area contributed by atoms with Crippen LogP contribution >= 0.6 is 0 Å². The minimum atomic E-state index is -0.771. The molecule has 0 aliphatic carbocycles. The molecular weight excluding hydrogens is 252 g/mol. The number of para-hydroxylation sites is 1. The highest BCUT2D eigenvalue weighted by Gasteiger charge is 2.39. The Morgan fingerprint density at radius 1 is 1.00 bits per heavy atom. The molecule has 3 rings (SSSR count). The van der Waals surface area contributed by atoms with Crippen LogP contribution in [0.1, 0.15) is 27.6 Å². The Hall–Kier alpha value is -2.42. The highest BCUT2D eigenvalue weighted by molar-refractivity contribution is 6.18. The molecule has 0 aromatic heterocycles. The molecule has 1 aliphatic heterocycles. The first kappa shape index (κ1) is 12.6. The molecule has 3 heteroatoms. The summed E-state index contributed by atoms with van der Waals surface area (Å²) in [7, 11) is 0. The van der Waals surface area contributed by atoms with Crippen molar-refractivity contribution in [3.05, 3.63) is 65.7 Å². The van der Waals surface area contributed by atoms with Gasteiger partial charge in [-0.2, -0.15) is 0 Å². The summed E-state index contributed by atoms with van der Waals surface area (Å²) in [6, 6.07) is 15.9. The predicted molar refractivity (Wildman–Crippen MR) is 75.1 cm³/mol. The number of hydrogen-bond acceptors (Lipinski definition) is 3. The minimum Gasteiger partial charge on any atom is -0.489 e. The van der Waals surface area contributed by atoms with E-state index in [2.05, 4.69) is 0 Å². The summed E-state index contributed by atoms with van der Waals surface area (Å²) in [6.45, 7) is 1.76. The van der Waals surface area contributed by atoms with E-state index in [1.807, 2.05) is 12.1 Å². The van der Waals surface area contributed by atoms with Gasteiger partial charge < -0.3 is 4.74 Å². The molecule has 0 amide bonds. The smallest absolute Gasteiger partial charge is 0.181 e. The summed E-state index contributed by atoms with van der Waals surface area (Å²) >= 11 is 0. The fraction of sp³-hybridized carbons (Fsp3) is 0.176. The van der Waals surface area contributed by atoms with Gasteiger partial charge in [0.2, 0.25) is 0 Å². The summed E-state index contributed by atoms with van der Waals surface area (Å²) in [5.41, 5.74) is 1.03. The van der Waals surface area contributed by atoms with E-state index in [9.17, 15) is 9.59 Å². The highest BCUT2D eigenvalue weighted by Crippen LogP contribution is 2.32. The van der Waals surface area contributed by atoms with Crippen molar-refractivity contribution in [3.63, 3.8) is 0 Å². The van der Waals surface area contributed by atoms with Crippen molar-refractivity contribution in [3.8, 4) is 5.75 Å². The lowest BCUT2D eigenvalue weighted by atomic mass is 9.84. The lowest BCUT2D eigenvalue weighted by Gasteiger charge is -2.29. The summed E-state index contributed by atoms with van der Waals surface area (Å²) < 4.78 is 5.72. The van der Waals surface area contributed by atoms with Crippen molar-refractivity contribution in [2.45, 2.75) is 13.0 Å². The molecule has 0 spiro atoms. The zero-order valence-electron chi connectivity index (χ0n) is 11.1. The highest BCUT2D eigenvalue weighted by atomic mass is 16.5. The Morgan fingerprint density at radius 2 is 1.65 bits per heavy atom. The van der Waals surface area contributed by atoms with Gasteiger partial charge in [-0.3, -0.25) is 9.59 Å². The molecule has 2 atom stereocenters. The van der Waals surface area contributed by atoms with Gasteiger partial charge in [-0.1, -0.05) is 42.5 Å². The Balaban J connectivity index is 1.99. The second kappa shape index (κ2) is 4.93. The molecule has 0 bridgehead atoms. The third kappa shape index (κ3) is 2.01. The van der Waals surface area contributed by atoms with Crippen LogP contribution in [0.15, 0.2) is 54.6 Å². The van der Waals surface area contributed by atoms with Crippen LogP contribution in [-0.2, 0) is 0 Å². The van der Waals surface area contributed by atoms with Crippen molar-refractivity contribution in [1.82, 2.24) is 0 Å². The Labute approximate surface area is 117 Å². The molecule has 20 heavy (non-hydrogen) atoms.